The first-order valence-corrected chi connectivity index (χ1v) is 11.5. The summed E-state index contributed by atoms with van der Waals surface area (Å²) in [6.45, 7) is 11.0. The first-order chi connectivity index (χ1) is 15.9. The Morgan fingerprint density at radius 1 is 1.06 bits per heavy atom. The van der Waals surface area contributed by atoms with Crippen LogP contribution in [0.15, 0.2) is 29.1 Å². The van der Waals surface area contributed by atoms with E-state index in [-0.39, 0.29) is 11.5 Å². The van der Waals surface area contributed by atoms with Crippen molar-refractivity contribution in [3.63, 3.8) is 0 Å². The number of aryl methyl sites for hydroxylation is 4. The van der Waals surface area contributed by atoms with E-state index in [0.29, 0.717) is 31.4 Å². The molecule has 1 fully saturated rings. The normalized spacial score (nSPS) is 14.6. The number of fused-ring (bicyclic) bond motifs is 1. The molecule has 3 aromatic rings. The minimum atomic E-state index is -0.225. The Hall–Kier alpha value is -3.04. The van der Waals surface area contributed by atoms with E-state index in [2.05, 4.69) is 20.4 Å². The molecule has 0 saturated carbocycles. The van der Waals surface area contributed by atoms with Crippen LogP contribution >= 0.6 is 0 Å². The van der Waals surface area contributed by atoms with E-state index < -0.39 is 0 Å². The number of aromatic nitrogens is 4. The maximum absolute atomic E-state index is 13.1. The fourth-order valence-corrected chi connectivity index (χ4v) is 4.23. The van der Waals surface area contributed by atoms with Crippen molar-refractivity contribution in [1.82, 2.24) is 29.8 Å². The van der Waals surface area contributed by atoms with Crippen LogP contribution in [0.3, 0.4) is 0 Å². The van der Waals surface area contributed by atoms with Gasteiger partial charge in [-0.05, 0) is 39.3 Å². The van der Waals surface area contributed by atoms with Crippen LogP contribution in [0.4, 0.5) is 0 Å². The lowest BCUT2D eigenvalue weighted by Gasteiger charge is -2.26. The Labute approximate surface area is 193 Å². The van der Waals surface area contributed by atoms with E-state index in [1.165, 1.54) is 10.2 Å². The number of amides is 1. The predicted molar refractivity (Wildman–Crippen MR) is 127 cm³/mol. The Balaban J connectivity index is 1.39. The Morgan fingerprint density at radius 2 is 1.79 bits per heavy atom. The number of morpholine rings is 1. The van der Waals surface area contributed by atoms with Gasteiger partial charge in [0.05, 0.1) is 35.7 Å². The van der Waals surface area contributed by atoms with Gasteiger partial charge in [0.15, 0.2) is 5.52 Å². The molecule has 0 bridgehead atoms. The summed E-state index contributed by atoms with van der Waals surface area (Å²) in [5.41, 5.74) is 3.91. The number of rotatable bonds is 8. The second-order valence-electron chi connectivity index (χ2n) is 8.58. The molecule has 0 atom stereocenters. The Morgan fingerprint density at radius 3 is 2.52 bits per heavy atom. The molecule has 176 valence electrons. The highest BCUT2D eigenvalue weighted by molar-refractivity contribution is 5.83. The summed E-state index contributed by atoms with van der Waals surface area (Å²) in [4.78, 5) is 27.5. The summed E-state index contributed by atoms with van der Waals surface area (Å²) in [6, 6.07) is 8.04. The van der Waals surface area contributed by atoms with Crippen molar-refractivity contribution < 1.29 is 9.53 Å². The number of benzene rings is 1. The van der Waals surface area contributed by atoms with E-state index in [0.717, 1.165) is 55.3 Å². The minimum absolute atomic E-state index is 0.00592. The molecule has 4 rings (SSSR count). The summed E-state index contributed by atoms with van der Waals surface area (Å²) < 4.78 is 8.57. The summed E-state index contributed by atoms with van der Waals surface area (Å²) >= 11 is 0. The predicted octanol–water partition coefficient (Wildman–Crippen LogP) is 1.74. The molecule has 33 heavy (non-hydrogen) atoms. The lowest BCUT2D eigenvalue weighted by Crippen LogP contribution is -2.41. The SMILES string of the molecule is Cc1ccc(-n2nc3c(=O)n(CCCC(=O)NCCN4CCOCC4)nc(C)c3c2C)cc1. The maximum Gasteiger partial charge on any atom is 0.295 e. The second-order valence-corrected chi connectivity index (χ2v) is 8.58. The van der Waals surface area contributed by atoms with Crippen LogP contribution in [0.2, 0.25) is 0 Å². The number of hydrogen-bond acceptors (Lipinski definition) is 6. The molecule has 1 N–H and O–H groups in total. The number of carbonyl (C=O) groups excluding carboxylic acids is 1. The van der Waals surface area contributed by atoms with Crippen molar-refractivity contribution in [2.24, 2.45) is 0 Å². The van der Waals surface area contributed by atoms with Gasteiger partial charge in [-0.2, -0.15) is 10.2 Å². The van der Waals surface area contributed by atoms with Crippen LogP contribution < -0.4 is 10.9 Å². The van der Waals surface area contributed by atoms with E-state index in [4.69, 9.17) is 4.74 Å². The van der Waals surface area contributed by atoms with Gasteiger partial charge in [0.25, 0.3) is 5.56 Å². The van der Waals surface area contributed by atoms with Crippen molar-refractivity contribution in [2.75, 3.05) is 39.4 Å². The van der Waals surface area contributed by atoms with Crippen LogP contribution in [0, 0.1) is 20.8 Å². The van der Waals surface area contributed by atoms with Crippen molar-refractivity contribution in [3.05, 3.63) is 51.6 Å². The van der Waals surface area contributed by atoms with Crippen LogP contribution in [0.25, 0.3) is 16.6 Å². The van der Waals surface area contributed by atoms with E-state index >= 15 is 0 Å². The highest BCUT2D eigenvalue weighted by Gasteiger charge is 2.17. The minimum Gasteiger partial charge on any atom is -0.379 e. The van der Waals surface area contributed by atoms with Crippen LogP contribution in [0.1, 0.15) is 29.8 Å². The average Bonchev–Trinajstić information content (AvgIpc) is 3.16. The standard InChI is InChI=1S/C24H32N6O3/c1-17-6-8-20(9-7-17)30-19(3)22-18(2)26-29(24(32)23(22)27-30)11-4-5-21(31)25-10-12-28-13-15-33-16-14-28/h6-9H,4-5,10-16H2,1-3H3,(H,25,31). The molecule has 1 aromatic carbocycles. The first kappa shape index (κ1) is 23.1. The molecule has 2 aromatic heterocycles. The van der Waals surface area contributed by atoms with Crippen LogP contribution in [-0.2, 0) is 16.1 Å². The molecule has 0 aliphatic carbocycles. The molecule has 1 saturated heterocycles. The lowest BCUT2D eigenvalue weighted by molar-refractivity contribution is -0.121. The molecule has 1 aliphatic heterocycles. The van der Waals surface area contributed by atoms with Gasteiger partial charge >= 0.3 is 0 Å². The van der Waals surface area contributed by atoms with Crippen molar-refractivity contribution in [2.45, 2.75) is 40.2 Å². The fourth-order valence-electron chi connectivity index (χ4n) is 4.23. The van der Waals surface area contributed by atoms with Gasteiger partial charge in [-0.1, -0.05) is 17.7 Å². The zero-order chi connectivity index (χ0) is 23.4. The molecule has 1 amide bonds. The zero-order valence-corrected chi connectivity index (χ0v) is 19.6. The van der Waals surface area contributed by atoms with Gasteiger partial charge in [0.1, 0.15) is 0 Å². The second kappa shape index (κ2) is 10.3. The van der Waals surface area contributed by atoms with Gasteiger partial charge in [-0.15, -0.1) is 0 Å². The van der Waals surface area contributed by atoms with E-state index in [1.807, 2.05) is 45.0 Å². The number of nitrogens with zero attached hydrogens (tertiary/aromatic N) is 5. The highest BCUT2D eigenvalue weighted by atomic mass is 16.5. The van der Waals surface area contributed by atoms with Crippen molar-refractivity contribution >= 4 is 16.8 Å². The molecule has 1 aliphatic rings. The smallest absolute Gasteiger partial charge is 0.295 e. The Kier molecular flexibility index (Phi) is 7.20. The van der Waals surface area contributed by atoms with Crippen LogP contribution in [-0.4, -0.2) is 69.8 Å². The summed E-state index contributed by atoms with van der Waals surface area (Å²) in [5, 5.41) is 12.9. The average molecular weight is 453 g/mol. The highest BCUT2D eigenvalue weighted by Crippen LogP contribution is 2.21. The molecule has 0 radical (unpaired) electrons. The third-order valence-electron chi connectivity index (χ3n) is 6.09. The fraction of sp³-hybridized carbons (Fsp3) is 0.500. The lowest BCUT2D eigenvalue weighted by atomic mass is 10.2. The molecule has 9 heteroatoms. The number of ether oxygens (including phenoxy) is 1. The largest absolute Gasteiger partial charge is 0.379 e. The quantitative estimate of drug-likeness (QED) is 0.560. The molecular weight excluding hydrogens is 420 g/mol. The van der Waals surface area contributed by atoms with E-state index in [9.17, 15) is 9.59 Å². The first-order valence-electron chi connectivity index (χ1n) is 11.5. The van der Waals surface area contributed by atoms with Gasteiger partial charge in [-0.25, -0.2) is 9.36 Å². The molecule has 0 unspecified atom stereocenters. The summed E-state index contributed by atoms with van der Waals surface area (Å²) in [7, 11) is 0. The molecule has 0 spiro atoms. The zero-order valence-electron chi connectivity index (χ0n) is 19.6. The Bertz CT molecular complexity index is 1180. The maximum atomic E-state index is 13.1. The number of nitrogens with one attached hydrogen (secondary N) is 1. The van der Waals surface area contributed by atoms with Gasteiger partial charge in [0, 0.05) is 39.1 Å². The van der Waals surface area contributed by atoms with Gasteiger partial charge < -0.3 is 10.1 Å². The number of carbonyl (C=O) groups is 1. The van der Waals surface area contributed by atoms with Gasteiger partial charge in [-0.3, -0.25) is 14.5 Å². The van der Waals surface area contributed by atoms with Crippen molar-refractivity contribution in [1.29, 1.82) is 0 Å². The third kappa shape index (κ3) is 5.31. The summed E-state index contributed by atoms with van der Waals surface area (Å²) in [5.74, 6) is -0.00592. The number of hydrogen-bond donors (Lipinski definition) is 1. The topological polar surface area (TPSA) is 94.3 Å². The van der Waals surface area contributed by atoms with Crippen LogP contribution in [0.5, 0.6) is 0 Å². The third-order valence-corrected chi connectivity index (χ3v) is 6.09. The monoisotopic (exact) mass is 452 g/mol. The summed E-state index contributed by atoms with van der Waals surface area (Å²) in [6.07, 6.45) is 0.893. The van der Waals surface area contributed by atoms with Crippen molar-refractivity contribution in [3.8, 4) is 5.69 Å². The van der Waals surface area contributed by atoms with Gasteiger partial charge in [0.2, 0.25) is 5.91 Å². The molecule has 9 nitrogen and oxygen atoms in total. The van der Waals surface area contributed by atoms with E-state index in [1.54, 1.807) is 4.68 Å². The molecule has 3 heterocycles. The molecular formula is C24H32N6O3.